The SMILES string of the molecule is O=C(Cn1c(-c2cccs2)n[nH]c1=S)NCc1ccc(CN2CCCC2)cc1. The lowest BCUT2D eigenvalue weighted by Crippen LogP contribution is -2.27. The average molecular weight is 414 g/mol. The second-order valence-electron chi connectivity index (χ2n) is 6.99. The summed E-state index contributed by atoms with van der Waals surface area (Å²) in [4.78, 5) is 15.9. The van der Waals surface area contributed by atoms with Crippen LogP contribution in [0.25, 0.3) is 10.7 Å². The zero-order valence-corrected chi connectivity index (χ0v) is 17.2. The van der Waals surface area contributed by atoms with E-state index in [0.717, 1.165) is 17.0 Å². The van der Waals surface area contributed by atoms with Gasteiger partial charge in [0.1, 0.15) is 6.54 Å². The van der Waals surface area contributed by atoms with E-state index in [1.54, 1.807) is 15.9 Å². The monoisotopic (exact) mass is 413 g/mol. The van der Waals surface area contributed by atoms with Crippen LogP contribution in [0, 0.1) is 4.77 Å². The van der Waals surface area contributed by atoms with Crippen LogP contribution in [-0.2, 0) is 24.4 Å². The topological polar surface area (TPSA) is 66.0 Å². The Balaban J connectivity index is 1.32. The molecule has 1 aliphatic heterocycles. The molecule has 1 saturated heterocycles. The largest absolute Gasteiger partial charge is 0.350 e. The van der Waals surface area contributed by atoms with Gasteiger partial charge in [0, 0.05) is 13.1 Å². The summed E-state index contributed by atoms with van der Waals surface area (Å²) in [6.45, 7) is 4.05. The van der Waals surface area contributed by atoms with Gasteiger partial charge in [0.05, 0.1) is 4.88 Å². The number of amides is 1. The molecule has 1 fully saturated rings. The predicted octanol–water partition coefficient (Wildman–Crippen LogP) is 3.58. The van der Waals surface area contributed by atoms with Crippen LogP contribution in [0.3, 0.4) is 0 Å². The molecule has 6 nitrogen and oxygen atoms in total. The maximum atomic E-state index is 12.4. The van der Waals surface area contributed by atoms with Crippen LogP contribution in [0.2, 0.25) is 0 Å². The van der Waals surface area contributed by atoms with Gasteiger partial charge in [-0.3, -0.25) is 19.4 Å². The first kappa shape index (κ1) is 19.0. The highest BCUT2D eigenvalue weighted by molar-refractivity contribution is 7.71. The average Bonchev–Trinajstić information content (AvgIpc) is 3.45. The van der Waals surface area contributed by atoms with Gasteiger partial charge >= 0.3 is 0 Å². The van der Waals surface area contributed by atoms with Crippen molar-refractivity contribution in [1.82, 2.24) is 25.0 Å². The second-order valence-corrected chi connectivity index (χ2v) is 8.33. The van der Waals surface area contributed by atoms with Crippen LogP contribution in [0.15, 0.2) is 41.8 Å². The van der Waals surface area contributed by atoms with Crippen LogP contribution in [0.4, 0.5) is 0 Å². The van der Waals surface area contributed by atoms with Crippen molar-refractivity contribution in [2.45, 2.75) is 32.5 Å². The fraction of sp³-hybridized carbons (Fsp3) is 0.350. The number of aromatic amines is 1. The number of hydrogen-bond donors (Lipinski definition) is 2. The van der Waals surface area contributed by atoms with E-state index in [0.29, 0.717) is 17.1 Å². The minimum Gasteiger partial charge on any atom is -0.350 e. The number of carbonyl (C=O) groups is 1. The van der Waals surface area contributed by atoms with Crippen LogP contribution < -0.4 is 5.32 Å². The molecule has 8 heteroatoms. The van der Waals surface area contributed by atoms with Gasteiger partial charge in [-0.2, -0.15) is 5.10 Å². The van der Waals surface area contributed by atoms with E-state index in [1.165, 1.54) is 31.5 Å². The molecular weight excluding hydrogens is 390 g/mol. The first-order valence-electron chi connectivity index (χ1n) is 9.45. The molecule has 1 amide bonds. The Bertz CT molecular complexity index is 969. The number of benzene rings is 1. The van der Waals surface area contributed by atoms with E-state index in [9.17, 15) is 4.79 Å². The molecule has 2 aromatic heterocycles. The Hall–Kier alpha value is -2.29. The molecule has 28 heavy (non-hydrogen) atoms. The number of likely N-dealkylation sites (tertiary alicyclic amines) is 1. The maximum absolute atomic E-state index is 12.4. The van der Waals surface area contributed by atoms with E-state index >= 15 is 0 Å². The van der Waals surface area contributed by atoms with Crippen LogP contribution >= 0.6 is 23.6 Å². The molecular formula is C20H23N5OS2. The molecule has 0 saturated carbocycles. The van der Waals surface area contributed by atoms with Crippen molar-refractivity contribution >= 4 is 29.5 Å². The quantitative estimate of drug-likeness (QED) is 0.581. The lowest BCUT2D eigenvalue weighted by atomic mass is 10.1. The molecule has 146 valence electrons. The molecule has 0 spiro atoms. The fourth-order valence-electron chi connectivity index (χ4n) is 3.42. The molecule has 1 aliphatic rings. The number of aromatic nitrogens is 3. The molecule has 0 radical (unpaired) electrons. The van der Waals surface area contributed by atoms with Gasteiger partial charge < -0.3 is 5.32 Å². The van der Waals surface area contributed by atoms with E-state index in [2.05, 4.69) is 44.7 Å². The minimum atomic E-state index is -0.0866. The van der Waals surface area contributed by atoms with Crippen LogP contribution in [0.1, 0.15) is 24.0 Å². The third kappa shape index (κ3) is 4.57. The van der Waals surface area contributed by atoms with Gasteiger partial charge in [0.2, 0.25) is 5.91 Å². The van der Waals surface area contributed by atoms with Gasteiger partial charge in [0.15, 0.2) is 10.6 Å². The van der Waals surface area contributed by atoms with Crippen molar-refractivity contribution in [2.24, 2.45) is 0 Å². The van der Waals surface area contributed by atoms with Gasteiger partial charge in [0.25, 0.3) is 0 Å². The summed E-state index contributed by atoms with van der Waals surface area (Å²) in [6.07, 6.45) is 2.61. The van der Waals surface area contributed by atoms with Crippen molar-refractivity contribution in [3.63, 3.8) is 0 Å². The number of carbonyl (C=O) groups excluding carboxylic acids is 1. The predicted molar refractivity (Wildman–Crippen MR) is 114 cm³/mol. The van der Waals surface area contributed by atoms with E-state index in [1.807, 2.05) is 17.5 Å². The zero-order valence-electron chi connectivity index (χ0n) is 15.6. The first-order valence-corrected chi connectivity index (χ1v) is 10.7. The Morgan fingerprint density at radius 1 is 1.18 bits per heavy atom. The summed E-state index contributed by atoms with van der Waals surface area (Å²) in [7, 11) is 0. The number of rotatable bonds is 7. The van der Waals surface area contributed by atoms with Crippen molar-refractivity contribution in [2.75, 3.05) is 13.1 Å². The van der Waals surface area contributed by atoms with Crippen LogP contribution in [0.5, 0.6) is 0 Å². The maximum Gasteiger partial charge on any atom is 0.240 e. The van der Waals surface area contributed by atoms with Gasteiger partial charge in [-0.05, 0) is 60.7 Å². The highest BCUT2D eigenvalue weighted by Crippen LogP contribution is 2.22. The molecule has 1 aromatic carbocycles. The summed E-state index contributed by atoms with van der Waals surface area (Å²) in [6, 6.07) is 12.4. The highest BCUT2D eigenvalue weighted by Gasteiger charge is 2.13. The number of nitrogens with zero attached hydrogens (tertiary/aromatic N) is 3. The van der Waals surface area contributed by atoms with E-state index in [-0.39, 0.29) is 12.5 Å². The van der Waals surface area contributed by atoms with E-state index < -0.39 is 0 Å². The summed E-state index contributed by atoms with van der Waals surface area (Å²) < 4.78 is 2.18. The molecule has 4 rings (SSSR count). The van der Waals surface area contributed by atoms with Crippen LogP contribution in [-0.4, -0.2) is 38.7 Å². The number of H-pyrrole nitrogens is 1. The zero-order chi connectivity index (χ0) is 19.3. The molecule has 0 aliphatic carbocycles. The van der Waals surface area contributed by atoms with Crippen molar-refractivity contribution in [3.05, 3.63) is 57.7 Å². The minimum absolute atomic E-state index is 0.0866. The Morgan fingerprint density at radius 2 is 1.93 bits per heavy atom. The normalized spacial score (nSPS) is 14.4. The lowest BCUT2D eigenvalue weighted by molar-refractivity contribution is -0.121. The lowest BCUT2D eigenvalue weighted by Gasteiger charge is -2.14. The fourth-order valence-corrected chi connectivity index (χ4v) is 4.34. The number of hydrogen-bond acceptors (Lipinski definition) is 5. The molecule has 3 aromatic rings. The van der Waals surface area contributed by atoms with Gasteiger partial charge in [-0.25, -0.2) is 0 Å². The second kappa shape index (κ2) is 8.81. The summed E-state index contributed by atoms with van der Waals surface area (Å²) in [5.41, 5.74) is 2.41. The van der Waals surface area contributed by atoms with E-state index in [4.69, 9.17) is 12.2 Å². The highest BCUT2D eigenvalue weighted by atomic mass is 32.1. The Morgan fingerprint density at radius 3 is 2.64 bits per heavy atom. The summed E-state index contributed by atoms with van der Waals surface area (Å²) in [5.74, 6) is 0.609. The van der Waals surface area contributed by atoms with Crippen molar-refractivity contribution < 1.29 is 4.79 Å². The molecule has 0 bridgehead atoms. The third-order valence-electron chi connectivity index (χ3n) is 4.92. The molecule has 3 heterocycles. The Labute approximate surface area is 173 Å². The summed E-state index contributed by atoms with van der Waals surface area (Å²) in [5, 5.41) is 12.0. The molecule has 0 atom stereocenters. The Kier molecular flexibility index (Phi) is 5.99. The van der Waals surface area contributed by atoms with Gasteiger partial charge in [-0.15, -0.1) is 11.3 Å². The standard InChI is InChI=1S/C20H23N5OS2/c26-18(14-25-19(22-23-20(25)27)17-4-3-11-28-17)21-12-15-5-7-16(8-6-15)13-24-9-1-2-10-24/h3-8,11H,1-2,9-10,12-14H2,(H,21,26)(H,23,27). The van der Waals surface area contributed by atoms with Crippen molar-refractivity contribution in [3.8, 4) is 10.7 Å². The first-order chi connectivity index (χ1) is 13.7. The summed E-state index contributed by atoms with van der Waals surface area (Å²) >= 11 is 6.85. The molecule has 2 N–H and O–H groups in total. The van der Waals surface area contributed by atoms with Crippen molar-refractivity contribution in [1.29, 1.82) is 0 Å². The smallest absolute Gasteiger partial charge is 0.240 e. The number of thiophene rings is 1. The number of nitrogens with one attached hydrogen (secondary N) is 2. The third-order valence-corrected chi connectivity index (χ3v) is 6.10. The van der Waals surface area contributed by atoms with Gasteiger partial charge in [-0.1, -0.05) is 30.3 Å². The molecule has 0 unspecified atom stereocenters.